The molecule has 100 valence electrons. The van der Waals surface area contributed by atoms with Crippen LogP contribution < -0.4 is 10.1 Å². The van der Waals surface area contributed by atoms with Crippen molar-refractivity contribution in [1.29, 1.82) is 0 Å². The number of hydrogen-bond donors (Lipinski definition) is 1. The van der Waals surface area contributed by atoms with Gasteiger partial charge in [-0.25, -0.2) is 4.98 Å². The maximum atomic E-state index is 5.18. The van der Waals surface area contributed by atoms with Gasteiger partial charge in [0.15, 0.2) is 0 Å². The Morgan fingerprint density at radius 1 is 1.39 bits per heavy atom. The van der Waals surface area contributed by atoms with E-state index in [0.717, 1.165) is 31.9 Å². The first-order valence-corrected chi connectivity index (χ1v) is 6.78. The number of piperidine rings is 1. The maximum Gasteiger partial charge on any atom is 0.213 e. The van der Waals surface area contributed by atoms with Crippen LogP contribution in [-0.2, 0) is 6.54 Å². The van der Waals surface area contributed by atoms with E-state index in [1.54, 1.807) is 7.11 Å². The van der Waals surface area contributed by atoms with Crippen LogP contribution in [0, 0.1) is 0 Å². The molecule has 1 aliphatic rings. The minimum Gasteiger partial charge on any atom is -0.481 e. The molecule has 0 aromatic carbocycles. The van der Waals surface area contributed by atoms with Gasteiger partial charge in [-0.3, -0.25) is 4.90 Å². The highest BCUT2D eigenvalue weighted by Crippen LogP contribution is 2.15. The number of nitrogens with zero attached hydrogens (tertiary/aromatic N) is 2. The van der Waals surface area contributed by atoms with Gasteiger partial charge in [0.25, 0.3) is 0 Å². The quantitative estimate of drug-likeness (QED) is 0.861. The number of hydrogen-bond acceptors (Lipinski definition) is 4. The molecule has 18 heavy (non-hydrogen) atoms. The molecule has 1 N–H and O–H groups in total. The smallest absolute Gasteiger partial charge is 0.213 e. The molecule has 0 amide bonds. The standard InChI is InChI=1S/C14H23N3O/c1-3-17(13-7-9-15-10-8-13)11-12-5-4-6-14(16-12)18-2/h4-6,13,15H,3,7-11H2,1-2H3. The molecule has 0 radical (unpaired) electrons. The molecule has 1 aromatic heterocycles. The average molecular weight is 249 g/mol. The molecule has 0 saturated carbocycles. The third kappa shape index (κ3) is 3.43. The lowest BCUT2D eigenvalue weighted by molar-refractivity contribution is 0.160. The first-order valence-electron chi connectivity index (χ1n) is 6.78. The molecule has 1 aliphatic heterocycles. The number of methoxy groups -OCH3 is 1. The molecule has 0 aliphatic carbocycles. The van der Waals surface area contributed by atoms with Crippen molar-refractivity contribution in [2.45, 2.75) is 32.4 Å². The Labute approximate surface area is 109 Å². The van der Waals surface area contributed by atoms with Crippen LogP contribution >= 0.6 is 0 Å². The largest absolute Gasteiger partial charge is 0.481 e. The lowest BCUT2D eigenvalue weighted by atomic mass is 10.0. The molecule has 0 atom stereocenters. The summed E-state index contributed by atoms with van der Waals surface area (Å²) in [5, 5.41) is 3.41. The summed E-state index contributed by atoms with van der Waals surface area (Å²) in [6.45, 7) is 6.48. The average Bonchev–Trinajstić information content (AvgIpc) is 2.46. The third-order valence-corrected chi connectivity index (χ3v) is 3.59. The van der Waals surface area contributed by atoms with Gasteiger partial charge in [0.1, 0.15) is 0 Å². The summed E-state index contributed by atoms with van der Waals surface area (Å²) < 4.78 is 5.18. The summed E-state index contributed by atoms with van der Waals surface area (Å²) in [5.41, 5.74) is 1.09. The molecule has 1 saturated heterocycles. The highest BCUT2D eigenvalue weighted by Gasteiger charge is 2.20. The SMILES string of the molecule is CCN(Cc1cccc(OC)n1)C1CCNCC1. The molecule has 0 bridgehead atoms. The van der Waals surface area contributed by atoms with E-state index >= 15 is 0 Å². The van der Waals surface area contributed by atoms with Crippen molar-refractivity contribution in [1.82, 2.24) is 15.2 Å². The minimum atomic E-state index is 0.684. The zero-order valence-corrected chi connectivity index (χ0v) is 11.4. The van der Waals surface area contributed by atoms with Crippen molar-refractivity contribution >= 4 is 0 Å². The van der Waals surface area contributed by atoms with E-state index in [2.05, 4.69) is 28.2 Å². The van der Waals surface area contributed by atoms with Gasteiger partial charge >= 0.3 is 0 Å². The predicted octanol–water partition coefficient (Wildman–Crippen LogP) is 1.66. The van der Waals surface area contributed by atoms with Crippen molar-refractivity contribution in [2.24, 2.45) is 0 Å². The summed E-state index contributed by atoms with van der Waals surface area (Å²) in [7, 11) is 1.66. The van der Waals surface area contributed by atoms with Gasteiger partial charge in [-0.05, 0) is 38.5 Å². The van der Waals surface area contributed by atoms with E-state index in [9.17, 15) is 0 Å². The molecule has 2 rings (SSSR count). The van der Waals surface area contributed by atoms with E-state index in [1.807, 2.05) is 12.1 Å². The van der Waals surface area contributed by atoms with Crippen LogP contribution in [0.1, 0.15) is 25.5 Å². The minimum absolute atomic E-state index is 0.684. The third-order valence-electron chi connectivity index (χ3n) is 3.59. The van der Waals surface area contributed by atoms with Crippen LogP contribution in [0.15, 0.2) is 18.2 Å². The summed E-state index contributed by atoms with van der Waals surface area (Å²) in [6.07, 6.45) is 2.47. The molecule has 0 spiro atoms. The first kappa shape index (κ1) is 13.3. The number of aromatic nitrogens is 1. The second-order valence-electron chi connectivity index (χ2n) is 4.72. The highest BCUT2D eigenvalue weighted by molar-refractivity contribution is 5.15. The summed E-state index contributed by atoms with van der Waals surface area (Å²) in [6, 6.07) is 6.66. The lowest BCUT2D eigenvalue weighted by Gasteiger charge is -2.33. The zero-order chi connectivity index (χ0) is 12.8. The number of ether oxygens (including phenoxy) is 1. The molecule has 4 nitrogen and oxygen atoms in total. The second kappa shape index (κ2) is 6.71. The number of nitrogens with one attached hydrogen (secondary N) is 1. The fraction of sp³-hybridized carbons (Fsp3) is 0.643. The number of pyridine rings is 1. The Hall–Kier alpha value is -1.13. The summed E-state index contributed by atoms with van der Waals surface area (Å²) in [4.78, 5) is 7.01. The van der Waals surface area contributed by atoms with Gasteiger partial charge in [0.2, 0.25) is 5.88 Å². The zero-order valence-electron chi connectivity index (χ0n) is 11.4. The van der Waals surface area contributed by atoms with E-state index in [4.69, 9.17) is 4.74 Å². The van der Waals surface area contributed by atoms with Crippen LogP contribution in [0.4, 0.5) is 0 Å². The number of rotatable bonds is 5. The van der Waals surface area contributed by atoms with E-state index in [-0.39, 0.29) is 0 Å². The van der Waals surface area contributed by atoms with Crippen molar-refractivity contribution in [3.8, 4) is 5.88 Å². The van der Waals surface area contributed by atoms with Gasteiger partial charge in [-0.1, -0.05) is 13.0 Å². The van der Waals surface area contributed by atoms with Gasteiger partial charge in [-0.2, -0.15) is 0 Å². The summed E-state index contributed by atoms with van der Waals surface area (Å²) >= 11 is 0. The lowest BCUT2D eigenvalue weighted by Crippen LogP contribution is -2.42. The Morgan fingerprint density at radius 3 is 2.83 bits per heavy atom. The fourth-order valence-electron chi connectivity index (χ4n) is 2.54. The van der Waals surface area contributed by atoms with Crippen LogP contribution in [0.3, 0.4) is 0 Å². The van der Waals surface area contributed by atoms with Crippen molar-refractivity contribution < 1.29 is 4.74 Å². The van der Waals surface area contributed by atoms with Crippen molar-refractivity contribution in [2.75, 3.05) is 26.7 Å². The maximum absolute atomic E-state index is 5.18. The molecule has 1 fully saturated rings. The highest BCUT2D eigenvalue weighted by atomic mass is 16.5. The Kier molecular flexibility index (Phi) is 4.96. The second-order valence-corrected chi connectivity index (χ2v) is 4.72. The Balaban J connectivity index is 1.99. The van der Waals surface area contributed by atoms with Gasteiger partial charge in [0, 0.05) is 18.7 Å². The van der Waals surface area contributed by atoms with E-state index in [1.165, 1.54) is 12.8 Å². The predicted molar refractivity (Wildman–Crippen MR) is 72.8 cm³/mol. The first-order chi connectivity index (χ1) is 8.83. The molecule has 0 unspecified atom stereocenters. The molecule has 1 aromatic rings. The van der Waals surface area contributed by atoms with Gasteiger partial charge in [0.05, 0.1) is 12.8 Å². The summed E-state index contributed by atoms with van der Waals surface area (Å²) in [5.74, 6) is 0.703. The monoisotopic (exact) mass is 249 g/mol. The van der Waals surface area contributed by atoms with E-state index < -0.39 is 0 Å². The molecular weight excluding hydrogens is 226 g/mol. The Bertz CT molecular complexity index is 364. The van der Waals surface area contributed by atoms with Gasteiger partial charge < -0.3 is 10.1 Å². The van der Waals surface area contributed by atoms with Crippen LogP contribution in [0.25, 0.3) is 0 Å². The molecule has 4 heteroatoms. The van der Waals surface area contributed by atoms with Crippen LogP contribution in [0.2, 0.25) is 0 Å². The van der Waals surface area contributed by atoms with Crippen molar-refractivity contribution in [3.05, 3.63) is 23.9 Å². The molecular formula is C14H23N3O. The topological polar surface area (TPSA) is 37.4 Å². The van der Waals surface area contributed by atoms with E-state index in [0.29, 0.717) is 11.9 Å². The normalized spacial score (nSPS) is 17.1. The molecule has 2 heterocycles. The van der Waals surface area contributed by atoms with Gasteiger partial charge in [-0.15, -0.1) is 0 Å². The van der Waals surface area contributed by atoms with Crippen LogP contribution in [-0.4, -0.2) is 42.7 Å². The fourth-order valence-corrected chi connectivity index (χ4v) is 2.54. The Morgan fingerprint density at radius 2 is 2.17 bits per heavy atom. The van der Waals surface area contributed by atoms with Crippen molar-refractivity contribution in [3.63, 3.8) is 0 Å². The van der Waals surface area contributed by atoms with Crippen LogP contribution in [0.5, 0.6) is 5.88 Å².